The van der Waals surface area contributed by atoms with Gasteiger partial charge in [-0.2, -0.15) is 0 Å². The minimum Gasteiger partial charge on any atom is -0.481 e. The second-order valence-electron chi connectivity index (χ2n) is 6.57. The van der Waals surface area contributed by atoms with Gasteiger partial charge in [0.05, 0.1) is 10.8 Å². The molecule has 0 aliphatic carbocycles. The summed E-state index contributed by atoms with van der Waals surface area (Å²) >= 11 is 9.79. The summed E-state index contributed by atoms with van der Waals surface area (Å²) < 4.78 is 9.06. The van der Waals surface area contributed by atoms with Crippen molar-refractivity contribution in [3.05, 3.63) is 62.4 Å². The first-order chi connectivity index (χ1) is 14.4. The number of anilines is 1. The number of nitrogens with one attached hydrogen (secondary N) is 1. The Morgan fingerprint density at radius 3 is 2.77 bits per heavy atom. The van der Waals surface area contributed by atoms with E-state index in [1.54, 1.807) is 6.07 Å². The molecule has 2 aromatic carbocycles. The van der Waals surface area contributed by atoms with E-state index in [1.165, 1.54) is 11.8 Å². The van der Waals surface area contributed by atoms with E-state index in [-0.39, 0.29) is 17.8 Å². The molecule has 0 bridgehead atoms. The number of aryl methyl sites for hydroxylation is 1. The topological polar surface area (TPSA) is 69.0 Å². The maximum atomic E-state index is 12.4. The van der Waals surface area contributed by atoms with E-state index in [0.717, 1.165) is 14.8 Å². The highest BCUT2D eigenvalue weighted by Crippen LogP contribution is 2.29. The van der Waals surface area contributed by atoms with Gasteiger partial charge in [0.25, 0.3) is 0 Å². The first kappa shape index (κ1) is 22.9. The Labute approximate surface area is 198 Å². The first-order valence-electron chi connectivity index (χ1n) is 9.42. The number of rotatable bonds is 8. The smallest absolute Gasteiger partial charge is 0.234 e. The minimum atomic E-state index is -0.338. The highest BCUT2D eigenvalue weighted by molar-refractivity contribution is 14.1. The van der Waals surface area contributed by atoms with E-state index < -0.39 is 0 Å². The molecule has 1 heterocycles. The molecule has 3 aromatic rings. The van der Waals surface area contributed by atoms with E-state index in [4.69, 9.17) is 16.3 Å². The van der Waals surface area contributed by atoms with Crippen molar-refractivity contribution < 1.29 is 9.53 Å². The van der Waals surface area contributed by atoms with Crippen LogP contribution in [0.25, 0.3) is 0 Å². The summed E-state index contributed by atoms with van der Waals surface area (Å²) in [5, 5.41) is 12.7. The lowest BCUT2D eigenvalue weighted by molar-refractivity contribution is -0.113. The normalized spacial score (nSPS) is 11.9. The highest BCUT2D eigenvalue weighted by atomic mass is 127. The molecule has 0 radical (unpaired) electrons. The maximum Gasteiger partial charge on any atom is 0.234 e. The molecular weight excluding hydrogens is 535 g/mol. The molecule has 158 valence electrons. The zero-order valence-corrected chi connectivity index (χ0v) is 20.6. The van der Waals surface area contributed by atoms with Crippen molar-refractivity contribution in [1.29, 1.82) is 0 Å². The third-order valence-electron chi connectivity index (χ3n) is 4.36. The van der Waals surface area contributed by atoms with E-state index in [9.17, 15) is 4.79 Å². The molecule has 1 N–H and O–H groups in total. The number of hydrogen-bond acceptors (Lipinski definition) is 5. The van der Waals surface area contributed by atoms with E-state index in [1.807, 2.05) is 61.7 Å². The fraction of sp³-hybridized carbons (Fsp3) is 0.286. The van der Waals surface area contributed by atoms with E-state index in [2.05, 4.69) is 38.1 Å². The molecule has 1 atom stereocenters. The Bertz CT molecular complexity index is 1040. The molecule has 0 aliphatic rings. The van der Waals surface area contributed by atoms with Gasteiger partial charge in [-0.3, -0.25) is 4.79 Å². The number of ether oxygens (including phenoxy) is 1. The predicted octanol–water partition coefficient (Wildman–Crippen LogP) is 5.74. The van der Waals surface area contributed by atoms with Crippen molar-refractivity contribution >= 4 is 57.5 Å². The van der Waals surface area contributed by atoms with Crippen LogP contribution in [-0.4, -0.2) is 26.4 Å². The van der Waals surface area contributed by atoms with Crippen LogP contribution >= 0.6 is 46.0 Å². The second-order valence-corrected chi connectivity index (χ2v) is 9.17. The van der Waals surface area contributed by atoms with Crippen molar-refractivity contribution in [3.63, 3.8) is 0 Å². The Morgan fingerprint density at radius 1 is 1.30 bits per heavy atom. The van der Waals surface area contributed by atoms with Gasteiger partial charge in [0, 0.05) is 15.8 Å². The zero-order chi connectivity index (χ0) is 21.7. The zero-order valence-electron chi connectivity index (χ0n) is 16.9. The van der Waals surface area contributed by atoms with Gasteiger partial charge in [0.15, 0.2) is 17.1 Å². The van der Waals surface area contributed by atoms with Gasteiger partial charge < -0.3 is 14.6 Å². The number of hydrogen-bond donors (Lipinski definition) is 1. The van der Waals surface area contributed by atoms with Gasteiger partial charge in [-0.15, -0.1) is 10.2 Å². The molecule has 0 spiro atoms. The van der Waals surface area contributed by atoms with Crippen molar-refractivity contribution in [2.45, 2.75) is 38.6 Å². The summed E-state index contributed by atoms with van der Waals surface area (Å²) in [7, 11) is 0. The molecule has 9 heteroatoms. The quantitative estimate of drug-likeness (QED) is 0.283. The van der Waals surface area contributed by atoms with Crippen LogP contribution in [0.5, 0.6) is 5.75 Å². The largest absolute Gasteiger partial charge is 0.481 e. The number of aromatic nitrogens is 3. The molecular formula is C21H22ClIN4O2S. The molecule has 0 saturated carbocycles. The molecule has 1 amide bonds. The van der Waals surface area contributed by atoms with Crippen LogP contribution in [0.3, 0.4) is 0 Å². The molecule has 3 rings (SSSR count). The minimum absolute atomic E-state index is 0.0862. The molecule has 1 aromatic heterocycles. The van der Waals surface area contributed by atoms with Crippen LogP contribution in [0.2, 0.25) is 5.02 Å². The van der Waals surface area contributed by atoms with Crippen molar-refractivity contribution in [2.75, 3.05) is 11.1 Å². The number of carbonyl (C=O) groups excluding carboxylic acids is 1. The van der Waals surface area contributed by atoms with Gasteiger partial charge >= 0.3 is 0 Å². The van der Waals surface area contributed by atoms with Crippen molar-refractivity contribution in [1.82, 2.24) is 14.8 Å². The number of halogens is 2. The fourth-order valence-electron chi connectivity index (χ4n) is 2.87. The summed E-state index contributed by atoms with van der Waals surface area (Å²) in [5.41, 5.74) is 1.85. The van der Waals surface area contributed by atoms with Gasteiger partial charge in [0.1, 0.15) is 5.75 Å². The number of carbonyl (C=O) groups is 1. The molecule has 6 nitrogen and oxygen atoms in total. The second kappa shape index (κ2) is 10.5. The third-order valence-corrected chi connectivity index (χ3v) is 6.31. The molecule has 0 fully saturated rings. The van der Waals surface area contributed by atoms with Gasteiger partial charge in [0.2, 0.25) is 5.91 Å². The maximum absolute atomic E-state index is 12.4. The van der Waals surface area contributed by atoms with E-state index >= 15 is 0 Å². The van der Waals surface area contributed by atoms with E-state index in [0.29, 0.717) is 28.3 Å². The SMILES string of the molecule is CCn1c(SCC(=O)Nc2ccc(I)cc2C)nnc1[C@@H](C)Oc1ccccc1Cl. The Kier molecular flexibility index (Phi) is 8.01. The van der Waals surface area contributed by atoms with Crippen LogP contribution in [-0.2, 0) is 11.3 Å². The molecule has 0 unspecified atom stereocenters. The lowest BCUT2D eigenvalue weighted by atomic mass is 10.2. The standard InChI is InChI=1S/C21H22ClIN4O2S/c1-4-27-20(14(3)29-18-8-6-5-7-16(18)22)25-26-21(27)30-12-19(28)24-17-10-9-15(23)11-13(17)2/h5-11,14H,4,12H2,1-3H3,(H,24,28)/t14-/m1/s1. The molecule has 0 saturated heterocycles. The average molecular weight is 557 g/mol. The van der Waals surface area contributed by atoms with Crippen LogP contribution < -0.4 is 10.1 Å². The van der Waals surface area contributed by atoms with Crippen LogP contribution in [0.1, 0.15) is 31.3 Å². The first-order valence-corrected chi connectivity index (χ1v) is 11.9. The summed E-state index contributed by atoms with van der Waals surface area (Å²) in [5.74, 6) is 1.44. The lowest BCUT2D eigenvalue weighted by Crippen LogP contribution is -2.16. The van der Waals surface area contributed by atoms with Crippen LogP contribution in [0.15, 0.2) is 47.6 Å². The number of thioether (sulfide) groups is 1. The average Bonchev–Trinajstić information content (AvgIpc) is 3.13. The monoisotopic (exact) mass is 556 g/mol. The number of nitrogens with zero attached hydrogens (tertiary/aromatic N) is 3. The summed E-state index contributed by atoms with van der Waals surface area (Å²) in [6, 6.07) is 13.2. The van der Waals surface area contributed by atoms with Gasteiger partial charge in [-0.1, -0.05) is 35.5 Å². The number of benzene rings is 2. The lowest BCUT2D eigenvalue weighted by Gasteiger charge is -2.16. The third kappa shape index (κ3) is 5.67. The van der Waals surface area contributed by atoms with Crippen LogP contribution in [0.4, 0.5) is 5.69 Å². The van der Waals surface area contributed by atoms with Gasteiger partial charge in [-0.25, -0.2) is 0 Å². The summed E-state index contributed by atoms with van der Waals surface area (Å²) in [6.07, 6.45) is -0.338. The Morgan fingerprint density at radius 2 is 2.07 bits per heavy atom. The number of amides is 1. The highest BCUT2D eigenvalue weighted by Gasteiger charge is 2.20. The predicted molar refractivity (Wildman–Crippen MR) is 129 cm³/mol. The summed E-state index contributed by atoms with van der Waals surface area (Å²) in [6.45, 7) is 6.55. The Hall–Kier alpha value is -1.78. The summed E-state index contributed by atoms with van der Waals surface area (Å²) in [4.78, 5) is 12.4. The van der Waals surface area contributed by atoms with Gasteiger partial charge in [-0.05, 0) is 79.3 Å². The Balaban J connectivity index is 1.65. The molecule has 0 aliphatic heterocycles. The number of para-hydroxylation sites is 1. The van der Waals surface area contributed by atoms with Crippen molar-refractivity contribution in [3.8, 4) is 5.75 Å². The molecule has 30 heavy (non-hydrogen) atoms. The van der Waals surface area contributed by atoms with Crippen molar-refractivity contribution in [2.24, 2.45) is 0 Å². The van der Waals surface area contributed by atoms with Crippen LogP contribution in [0, 0.1) is 10.5 Å². The fourth-order valence-corrected chi connectivity index (χ4v) is 4.51.